The third kappa shape index (κ3) is 4.56. The Hall–Kier alpha value is -4.31. The summed E-state index contributed by atoms with van der Waals surface area (Å²) in [5.74, 6) is -1.10. The fraction of sp³-hybridized carbons (Fsp3) is 0.160. The lowest BCUT2D eigenvalue weighted by molar-refractivity contribution is 0.0826. The molecule has 0 aliphatic carbocycles. The Morgan fingerprint density at radius 1 is 1.11 bits per heavy atom. The normalized spacial score (nSPS) is 11.5. The van der Waals surface area contributed by atoms with Gasteiger partial charge >= 0.3 is 0 Å². The zero-order valence-electron chi connectivity index (χ0n) is 19.4. The van der Waals surface area contributed by atoms with E-state index in [4.69, 9.17) is 0 Å². The van der Waals surface area contributed by atoms with E-state index in [9.17, 15) is 19.8 Å². The average molecular weight is 492 g/mol. The fourth-order valence-electron chi connectivity index (χ4n) is 3.58. The van der Waals surface area contributed by atoms with Crippen molar-refractivity contribution in [2.24, 2.45) is 4.99 Å². The maximum absolute atomic E-state index is 13.1. The van der Waals surface area contributed by atoms with Crippen LogP contribution in [0.4, 0.5) is 17.1 Å². The third-order valence-electron chi connectivity index (χ3n) is 5.34. The second kappa shape index (κ2) is 9.90. The van der Waals surface area contributed by atoms with Gasteiger partial charge in [0.25, 0.3) is 5.91 Å². The van der Waals surface area contributed by atoms with Gasteiger partial charge < -0.3 is 25.4 Å². The van der Waals surface area contributed by atoms with Crippen LogP contribution in [0.2, 0.25) is 0 Å². The number of anilines is 2. The van der Waals surface area contributed by atoms with Crippen molar-refractivity contribution < 1.29 is 15.0 Å². The van der Waals surface area contributed by atoms with Crippen LogP contribution < -0.4 is 10.7 Å². The van der Waals surface area contributed by atoms with Crippen molar-refractivity contribution in [2.75, 3.05) is 19.4 Å². The van der Waals surface area contributed by atoms with Gasteiger partial charge in [0, 0.05) is 31.4 Å². The number of nitrogens with zero attached hydrogens (tertiary/aromatic N) is 3. The second-order valence-electron chi connectivity index (χ2n) is 7.87. The lowest BCUT2D eigenvalue weighted by Gasteiger charge is -2.11. The van der Waals surface area contributed by atoms with Crippen LogP contribution in [0.3, 0.4) is 0 Å². The number of aromatic hydroxyl groups is 2. The Kier molecular flexibility index (Phi) is 6.74. The highest BCUT2D eigenvalue weighted by atomic mass is 32.1. The SMILES string of the molecule is CCC(=Nc1c(Nc2c[nH]cc(C(=O)N(C)C)c2=O)c(O)n(-c2ccccc2)c1O)c1cccs1. The quantitative estimate of drug-likeness (QED) is 0.281. The van der Waals surface area contributed by atoms with Gasteiger partial charge in [-0.1, -0.05) is 31.2 Å². The van der Waals surface area contributed by atoms with E-state index in [0.717, 1.165) is 4.88 Å². The smallest absolute Gasteiger partial charge is 0.258 e. The van der Waals surface area contributed by atoms with E-state index in [1.54, 1.807) is 38.4 Å². The monoisotopic (exact) mass is 491 g/mol. The summed E-state index contributed by atoms with van der Waals surface area (Å²) in [7, 11) is 3.10. The molecule has 9 nitrogen and oxygen atoms in total. The molecule has 1 aromatic carbocycles. The first-order valence-electron chi connectivity index (χ1n) is 10.9. The lowest BCUT2D eigenvalue weighted by Crippen LogP contribution is -2.28. The number of pyridine rings is 1. The van der Waals surface area contributed by atoms with E-state index in [0.29, 0.717) is 17.8 Å². The van der Waals surface area contributed by atoms with Gasteiger partial charge in [0.2, 0.25) is 17.2 Å². The number of amides is 1. The van der Waals surface area contributed by atoms with Gasteiger partial charge in [0.05, 0.1) is 11.4 Å². The first-order valence-corrected chi connectivity index (χ1v) is 11.7. The van der Waals surface area contributed by atoms with Crippen molar-refractivity contribution in [1.29, 1.82) is 0 Å². The summed E-state index contributed by atoms with van der Waals surface area (Å²) >= 11 is 1.51. The number of hydrogen-bond donors (Lipinski definition) is 4. The molecule has 0 atom stereocenters. The van der Waals surface area contributed by atoms with E-state index in [2.05, 4.69) is 15.3 Å². The first-order chi connectivity index (χ1) is 16.8. The van der Waals surface area contributed by atoms with Crippen LogP contribution in [0.25, 0.3) is 5.69 Å². The highest BCUT2D eigenvalue weighted by Gasteiger charge is 2.26. The molecule has 1 amide bonds. The minimum Gasteiger partial charge on any atom is -0.493 e. The summed E-state index contributed by atoms with van der Waals surface area (Å²) in [4.78, 5) is 35.2. The molecule has 0 bridgehead atoms. The molecule has 0 spiro atoms. The van der Waals surface area contributed by atoms with Gasteiger partial charge in [-0.2, -0.15) is 0 Å². The van der Waals surface area contributed by atoms with Crippen molar-refractivity contribution >= 4 is 40.0 Å². The minimum absolute atomic E-state index is 0.0174. The number of thiophene rings is 1. The molecular weight excluding hydrogens is 466 g/mol. The largest absolute Gasteiger partial charge is 0.493 e. The van der Waals surface area contributed by atoms with Crippen molar-refractivity contribution in [3.05, 3.63) is 80.9 Å². The molecule has 0 aliphatic rings. The molecule has 35 heavy (non-hydrogen) atoms. The highest BCUT2D eigenvalue weighted by molar-refractivity contribution is 7.12. The van der Waals surface area contributed by atoms with Crippen LogP contribution in [0, 0.1) is 0 Å². The summed E-state index contributed by atoms with van der Waals surface area (Å²) in [6.45, 7) is 1.94. The van der Waals surface area contributed by atoms with Crippen LogP contribution >= 0.6 is 11.3 Å². The van der Waals surface area contributed by atoms with Crippen molar-refractivity contribution in [1.82, 2.24) is 14.5 Å². The lowest BCUT2D eigenvalue weighted by atomic mass is 10.2. The van der Waals surface area contributed by atoms with Gasteiger partial charge in [0.15, 0.2) is 5.69 Å². The number of para-hydroxylation sites is 1. The van der Waals surface area contributed by atoms with Crippen LogP contribution in [0.1, 0.15) is 28.6 Å². The van der Waals surface area contributed by atoms with Crippen molar-refractivity contribution in [2.45, 2.75) is 13.3 Å². The number of carbonyl (C=O) groups is 1. The molecule has 0 fully saturated rings. The average Bonchev–Trinajstić information content (AvgIpc) is 3.46. The van der Waals surface area contributed by atoms with E-state index in [-0.39, 0.29) is 34.4 Å². The molecule has 3 heterocycles. The number of rotatable bonds is 7. The molecule has 4 rings (SSSR count). The molecule has 0 aliphatic heterocycles. The van der Waals surface area contributed by atoms with E-state index in [1.165, 1.54) is 33.2 Å². The highest BCUT2D eigenvalue weighted by Crippen LogP contribution is 2.48. The first kappa shape index (κ1) is 23.8. The summed E-state index contributed by atoms with van der Waals surface area (Å²) in [6, 6.07) is 12.6. The molecular formula is C25H25N5O4S. The Morgan fingerprint density at radius 3 is 2.49 bits per heavy atom. The number of hydrogen-bond acceptors (Lipinski definition) is 7. The third-order valence-corrected chi connectivity index (χ3v) is 6.26. The molecule has 10 heteroatoms. The molecule has 0 saturated heterocycles. The zero-order chi connectivity index (χ0) is 25.1. The fourth-order valence-corrected chi connectivity index (χ4v) is 4.36. The van der Waals surface area contributed by atoms with Gasteiger partial charge in [-0.15, -0.1) is 11.3 Å². The predicted octanol–water partition coefficient (Wildman–Crippen LogP) is 4.61. The molecule has 4 N–H and O–H groups in total. The number of benzene rings is 1. The molecule has 0 radical (unpaired) electrons. The maximum atomic E-state index is 13.1. The molecule has 4 aromatic rings. The van der Waals surface area contributed by atoms with Gasteiger partial charge in [-0.25, -0.2) is 9.56 Å². The zero-order valence-corrected chi connectivity index (χ0v) is 20.3. The standard InChI is InChI=1S/C25H25N5O4S/c1-4-17(19-11-8-12-35-19)27-20-21(25(34)30(24(20)33)15-9-6-5-7-10-15)28-18-14-26-13-16(22(18)31)23(32)29(2)3/h5-14,28,33-34H,4H2,1-3H3,(H,26,31). The van der Waals surface area contributed by atoms with E-state index in [1.807, 2.05) is 30.5 Å². The number of H-pyrrole nitrogens is 1. The number of aromatic nitrogens is 2. The molecule has 0 saturated carbocycles. The molecule has 180 valence electrons. The summed E-state index contributed by atoms with van der Waals surface area (Å²) in [6.07, 6.45) is 3.29. The maximum Gasteiger partial charge on any atom is 0.258 e. The number of nitrogens with one attached hydrogen (secondary N) is 2. The summed E-state index contributed by atoms with van der Waals surface area (Å²) in [5.41, 5.74) is 0.709. The van der Waals surface area contributed by atoms with Crippen LogP contribution in [0.15, 0.2) is 70.0 Å². The van der Waals surface area contributed by atoms with E-state index >= 15 is 0 Å². The molecule has 0 unspecified atom stereocenters. The second-order valence-corrected chi connectivity index (χ2v) is 8.82. The number of aromatic amines is 1. The number of aliphatic imine (C=N–C) groups is 1. The Morgan fingerprint density at radius 2 is 1.86 bits per heavy atom. The van der Waals surface area contributed by atoms with Crippen LogP contribution in [-0.4, -0.2) is 50.4 Å². The van der Waals surface area contributed by atoms with Gasteiger partial charge in [-0.3, -0.25) is 9.59 Å². The van der Waals surface area contributed by atoms with Crippen molar-refractivity contribution in [3.8, 4) is 17.4 Å². The Labute approximate surface area is 205 Å². The number of carbonyl (C=O) groups excluding carboxylic acids is 1. The Balaban J connectivity index is 1.91. The minimum atomic E-state index is -0.558. The van der Waals surface area contributed by atoms with Crippen LogP contribution in [-0.2, 0) is 0 Å². The predicted molar refractivity (Wildman–Crippen MR) is 138 cm³/mol. The van der Waals surface area contributed by atoms with E-state index < -0.39 is 11.3 Å². The van der Waals surface area contributed by atoms with Gasteiger partial charge in [0.1, 0.15) is 16.9 Å². The van der Waals surface area contributed by atoms with Crippen molar-refractivity contribution in [3.63, 3.8) is 0 Å². The summed E-state index contributed by atoms with van der Waals surface area (Å²) in [5, 5.41) is 27.2. The topological polar surface area (TPSA) is 123 Å². The van der Waals surface area contributed by atoms with Gasteiger partial charge in [-0.05, 0) is 30.0 Å². The Bertz CT molecular complexity index is 1440. The molecule has 3 aromatic heterocycles. The summed E-state index contributed by atoms with van der Waals surface area (Å²) < 4.78 is 1.24. The van der Waals surface area contributed by atoms with Crippen LogP contribution in [0.5, 0.6) is 11.8 Å².